The van der Waals surface area contributed by atoms with E-state index in [-0.39, 0.29) is 23.1 Å². The fourth-order valence-electron chi connectivity index (χ4n) is 2.19. The van der Waals surface area contributed by atoms with Gasteiger partial charge in [0.1, 0.15) is 5.56 Å². The Morgan fingerprint density at radius 3 is 2.77 bits per heavy atom. The number of rotatable bonds is 4. The summed E-state index contributed by atoms with van der Waals surface area (Å²) in [4.78, 5) is 25.6. The average Bonchev–Trinajstić information content (AvgIpc) is 3.20. The highest BCUT2D eigenvalue weighted by molar-refractivity contribution is 7.10. The van der Waals surface area contributed by atoms with Crippen LogP contribution in [0.2, 0.25) is 0 Å². The molecule has 1 N–H and O–H groups in total. The summed E-state index contributed by atoms with van der Waals surface area (Å²) >= 11 is 3.16. The Morgan fingerprint density at radius 2 is 2.09 bits per heavy atom. The number of carbonyl (C=O) groups excluding carboxylic acids is 1. The van der Waals surface area contributed by atoms with E-state index in [9.17, 15) is 9.59 Å². The molecule has 3 aromatic rings. The minimum atomic E-state index is -0.356. The molecule has 0 fully saturated rings. The zero-order chi connectivity index (χ0) is 15.5. The third-order valence-corrected chi connectivity index (χ3v) is 4.99. The van der Waals surface area contributed by atoms with Crippen LogP contribution in [0.4, 0.5) is 0 Å². The van der Waals surface area contributed by atoms with Crippen molar-refractivity contribution in [2.75, 3.05) is 0 Å². The van der Waals surface area contributed by atoms with Crippen LogP contribution in [-0.2, 0) is 7.05 Å². The highest BCUT2D eigenvalue weighted by Gasteiger charge is 2.20. The van der Waals surface area contributed by atoms with Gasteiger partial charge in [0.05, 0.1) is 6.04 Å². The monoisotopic (exact) mass is 330 g/mol. The Labute approximate surface area is 135 Å². The van der Waals surface area contributed by atoms with Crippen LogP contribution in [0.3, 0.4) is 0 Å². The lowest BCUT2D eigenvalue weighted by Crippen LogP contribution is -2.34. The molecule has 0 radical (unpaired) electrons. The molecule has 3 rings (SSSR count). The van der Waals surface area contributed by atoms with Gasteiger partial charge in [0, 0.05) is 18.1 Å². The lowest BCUT2D eigenvalue weighted by Gasteiger charge is -2.16. The van der Waals surface area contributed by atoms with Crippen molar-refractivity contribution >= 4 is 28.6 Å². The Bertz CT molecular complexity index is 786. The van der Waals surface area contributed by atoms with Gasteiger partial charge in [-0.2, -0.15) is 11.3 Å². The minimum absolute atomic E-state index is 0.154. The molecule has 0 spiro atoms. The maximum atomic E-state index is 12.5. The zero-order valence-electron chi connectivity index (χ0n) is 11.9. The van der Waals surface area contributed by atoms with Gasteiger partial charge in [-0.15, -0.1) is 11.3 Å². The van der Waals surface area contributed by atoms with E-state index in [0.717, 1.165) is 10.4 Å². The van der Waals surface area contributed by atoms with Gasteiger partial charge in [0.15, 0.2) is 0 Å². The number of pyridine rings is 1. The first-order valence-electron chi connectivity index (χ1n) is 6.69. The lowest BCUT2D eigenvalue weighted by atomic mass is 10.1. The Hall–Kier alpha value is -2.18. The van der Waals surface area contributed by atoms with Crippen LogP contribution in [0, 0.1) is 0 Å². The summed E-state index contributed by atoms with van der Waals surface area (Å²) in [6.45, 7) is 0. The van der Waals surface area contributed by atoms with Crippen molar-refractivity contribution in [3.8, 4) is 0 Å². The molecule has 0 aliphatic heterocycles. The van der Waals surface area contributed by atoms with Gasteiger partial charge in [-0.05, 0) is 46.0 Å². The second-order valence-electron chi connectivity index (χ2n) is 4.82. The first-order chi connectivity index (χ1) is 10.7. The van der Waals surface area contributed by atoms with Gasteiger partial charge in [-0.3, -0.25) is 9.59 Å². The molecule has 1 atom stereocenters. The van der Waals surface area contributed by atoms with Gasteiger partial charge in [0.25, 0.3) is 11.5 Å². The van der Waals surface area contributed by atoms with Crippen molar-refractivity contribution in [3.63, 3.8) is 0 Å². The van der Waals surface area contributed by atoms with Crippen LogP contribution in [-0.4, -0.2) is 10.5 Å². The smallest absolute Gasteiger partial charge is 0.263 e. The number of aryl methyl sites for hydroxylation is 1. The molecule has 22 heavy (non-hydrogen) atoms. The number of thiophene rings is 2. The number of nitrogens with one attached hydrogen (secondary N) is 1. The number of aromatic nitrogens is 1. The van der Waals surface area contributed by atoms with Gasteiger partial charge >= 0.3 is 0 Å². The fourth-order valence-corrected chi connectivity index (χ4v) is 3.68. The van der Waals surface area contributed by atoms with Crippen LogP contribution >= 0.6 is 22.7 Å². The third kappa shape index (κ3) is 2.88. The largest absolute Gasteiger partial charge is 0.340 e. The van der Waals surface area contributed by atoms with Crippen molar-refractivity contribution in [3.05, 3.63) is 79.0 Å². The molecular weight excluding hydrogens is 316 g/mol. The number of amides is 1. The summed E-state index contributed by atoms with van der Waals surface area (Å²) in [7, 11) is 1.63. The Balaban J connectivity index is 1.93. The Kier molecular flexibility index (Phi) is 4.22. The summed E-state index contributed by atoms with van der Waals surface area (Å²) in [6, 6.07) is 8.93. The van der Waals surface area contributed by atoms with E-state index in [0.29, 0.717) is 0 Å². The van der Waals surface area contributed by atoms with Crippen molar-refractivity contribution < 1.29 is 4.79 Å². The number of hydrogen-bond donors (Lipinski definition) is 1. The molecule has 3 aromatic heterocycles. The summed E-state index contributed by atoms with van der Waals surface area (Å²) in [5.41, 5.74) is 0.880. The molecule has 0 unspecified atom stereocenters. The molecule has 0 bridgehead atoms. The van der Waals surface area contributed by atoms with E-state index in [4.69, 9.17) is 0 Å². The second kappa shape index (κ2) is 6.29. The molecule has 0 aromatic carbocycles. The molecular formula is C16H14N2O2S2. The zero-order valence-corrected chi connectivity index (χ0v) is 13.5. The SMILES string of the molecule is Cn1cccc(C(=O)N[C@H](c2ccsc2)c2cccs2)c1=O. The summed E-state index contributed by atoms with van der Waals surface area (Å²) in [5, 5.41) is 8.93. The second-order valence-corrected chi connectivity index (χ2v) is 6.58. The van der Waals surface area contributed by atoms with Crippen LogP contribution in [0.1, 0.15) is 26.8 Å². The molecule has 3 heterocycles. The van der Waals surface area contributed by atoms with Gasteiger partial charge in [0.2, 0.25) is 0 Å². The first-order valence-corrected chi connectivity index (χ1v) is 8.51. The van der Waals surface area contributed by atoms with E-state index in [1.165, 1.54) is 4.57 Å². The van der Waals surface area contributed by atoms with Crippen LogP contribution in [0.25, 0.3) is 0 Å². The maximum absolute atomic E-state index is 12.5. The van der Waals surface area contributed by atoms with E-state index in [2.05, 4.69) is 5.32 Å². The Morgan fingerprint density at radius 1 is 1.23 bits per heavy atom. The highest BCUT2D eigenvalue weighted by atomic mass is 32.1. The lowest BCUT2D eigenvalue weighted by molar-refractivity contribution is 0.0941. The normalized spacial score (nSPS) is 12.0. The van der Waals surface area contributed by atoms with E-state index in [1.54, 1.807) is 48.1 Å². The predicted molar refractivity (Wildman–Crippen MR) is 89.6 cm³/mol. The summed E-state index contributed by atoms with van der Waals surface area (Å²) in [6.07, 6.45) is 1.63. The summed E-state index contributed by atoms with van der Waals surface area (Å²) in [5.74, 6) is -0.356. The number of nitrogens with zero attached hydrogens (tertiary/aromatic N) is 1. The fraction of sp³-hybridized carbons (Fsp3) is 0.125. The van der Waals surface area contributed by atoms with Crippen LogP contribution < -0.4 is 10.9 Å². The quantitative estimate of drug-likeness (QED) is 0.799. The van der Waals surface area contributed by atoms with E-state index in [1.807, 2.05) is 34.3 Å². The van der Waals surface area contributed by atoms with Crippen molar-refractivity contribution in [2.45, 2.75) is 6.04 Å². The standard InChI is InChI=1S/C16H14N2O2S2/c1-18-7-2-4-12(16(18)20)15(19)17-14(11-6-9-21-10-11)13-5-3-8-22-13/h2-10,14H,1H3,(H,17,19)/t14-/m1/s1. The molecule has 0 saturated heterocycles. The topological polar surface area (TPSA) is 51.1 Å². The maximum Gasteiger partial charge on any atom is 0.263 e. The van der Waals surface area contributed by atoms with Gasteiger partial charge in [-0.25, -0.2) is 0 Å². The minimum Gasteiger partial charge on any atom is -0.340 e. The van der Waals surface area contributed by atoms with Gasteiger partial charge in [-0.1, -0.05) is 6.07 Å². The average molecular weight is 330 g/mol. The van der Waals surface area contributed by atoms with Crippen molar-refractivity contribution in [2.24, 2.45) is 7.05 Å². The van der Waals surface area contributed by atoms with E-state index < -0.39 is 0 Å². The summed E-state index contributed by atoms with van der Waals surface area (Å²) < 4.78 is 1.40. The van der Waals surface area contributed by atoms with Crippen LogP contribution in [0.15, 0.2) is 57.5 Å². The van der Waals surface area contributed by atoms with Crippen molar-refractivity contribution in [1.29, 1.82) is 0 Å². The number of hydrogen-bond acceptors (Lipinski definition) is 4. The molecule has 112 valence electrons. The van der Waals surface area contributed by atoms with Gasteiger partial charge < -0.3 is 9.88 Å². The molecule has 1 amide bonds. The number of carbonyl (C=O) groups is 1. The third-order valence-electron chi connectivity index (χ3n) is 3.35. The van der Waals surface area contributed by atoms with E-state index >= 15 is 0 Å². The molecule has 4 nitrogen and oxygen atoms in total. The molecule has 0 aliphatic carbocycles. The molecule has 0 aliphatic rings. The predicted octanol–water partition coefficient (Wildman–Crippen LogP) is 3.03. The highest BCUT2D eigenvalue weighted by Crippen LogP contribution is 2.27. The molecule has 0 saturated carbocycles. The molecule has 6 heteroatoms. The first kappa shape index (κ1) is 14.7. The van der Waals surface area contributed by atoms with Crippen LogP contribution in [0.5, 0.6) is 0 Å². The van der Waals surface area contributed by atoms with Crippen molar-refractivity contribution in [1.82, 2.24) is 9.88 Å².